The molecule has 19 heavy (non-hydrogen) atoms. The van der Waals surface area contributed by atoms with Gasteiger partial charge >= 0.3 is 0 Å². The molecule has 0 saturated carbocycles. The van der Waals surface area contributed by atoms with Crippen LogP contribution in [0.3, 0.4) is 0 Å². The summed E-state index contributed by atoms with van der Waals surface area (Å²) in [7, 11) is 1.97. The molecule has 0 fully saturated rings. The van der Waals surface area contributed by atoms with Crippen LogP contribution in [0.25, 0.3) is 22.4 Å². The third-order valence-electron chi connectivity index (χ3n) is 3.13. The molecule has 0 amide bonds. The highest BCUT2D eigenvalue weighted by molar-refractivity contribution is 5.93. The van der Waals surface area contributed by atoms with Crippen molar-refractivity contribution in [1.82, 2.24) is 19.5 Å². The highest BCUT2D eigenvalue weighted by Gasteiger charge is 2.15. The Morgan fingerprint density at radius 2 is 2.11 bits per heavy atom. The van der Waals surface area contributed by atoms with Gasteiger partial charge in [0.05, 0.1) is 11.1 Å². The van der Waals surface area contributed by atoms with Gasteiger partial charge in [-0.3, -0.25) is 4.98 Å². The van der Waals surface area contributed by atoms with Crippen LogP contribution in [-0.2, 0) is 13.6 Å². The molecule has 0 saturated heterocycles. The maximum atomic E-state index is 5.82. The molecule has 3 aromatic heterocycles. The Hall–Kier alpha value is -2.27. The molecule has 0 aromatic carbocycles. The molecule has 3 aromatic rings. The number of aryl methyl sites for hydroxylation is 2. The van der Waals surface area contributed by atoms with E-state index in [1.807, 2.05) is 42.9 Å². The van der Waals surface area contributed by atoms with E-state index < -0.39 is 0 Å². The highest BCUT2D eigenvalue weighted by atomic mass is 15.0. The Bertz CT molecular complexity index is 730. The molecule has 0 aliphatic rings. The highest BCUT2D eigenvalue weighted by Crippen LogP contribution is 2.28. The lowest BCUT2D eigenvalue weighted by Crippen LogP contribution is -1.99. The van der Waals surface area contributed by atoms with Gasteiger partial charge < -0.3 is 10.3 Å². The van der Waals surface area contributed by atoms with Gasteiger partial charge in [0.1, 0.15) is 17.2 Å². The summed E-state index contributed by atoms with van der Waals surface area (Å²) in [4.78, 5) is 13.4. The van der Waals surface area contributed by atoms with Gasteiger partial charge in [0, 0.05) is 26.0 Å². The SMILES string of the molecule is Cc1nc(-c2ccccn2)c2c(CN)cn(C)c2n1. The molecule has 0 aliphatic heterocycles. The van der Waals surface area contributed by atoms with Gasteiger partial charge in [0.2, 0.25) is 0 Å². The number of nitrogens with two attached hydrogens (primary N) is 1. The van der Waals surface area contributed by atoms with Crippen LogP contribution in [0.4, 0.5) is 0 Å². The molecule has 96 valence electrons. The van der Waals surface area contributed by atoms with E-state index in [1.54, 1.807) is 6.20 Å². The summed E-state index contributed by atoms with van der Waals surface area (Å²) >= 11 is 0. The number of hydrogen-bond donors (Lipinski definition) is 1. The number of aromatic nitrogens is 4. The second-order valence-corrected chi connectivity index (χ2v) is 4.50. The molecule has 3 rings (SSSR count). The molecule has 0 aliphatic carbocycles. The molecule has 0 unspecified atom stereocenters. The van der Waals surface area contributed by atoms with E-state index in [1.165, 1.54) is 0 Å². The maximum absolute atomic E-state index is 5.82. The minimum absolute atomic E-state index is 0.462. The number of nitrogens with zero attached hydrogens (tertiary/aromatic N) is 4. The van der Waals surface area contributed by atoms with Crippen molar-refractivity contribution < 1.29 is 0 Å². The van der Waals surface area contributed by atoms with Gasteiger partial charge in [-0.2, -0.15) is 0 Å². The first kappa shape index (κ1) is 11.8. The van der Waals surface area contributed by atoms with Crippen LogP contribution in [0, 0.1) is 6.92 Å². The Balaban J connectivity index is 2.41. The van der Waals surface area contributed by atoms with E-state index in [9.17, 15) is 0 Å². The van der Waals surface area contributed by atoms with Crippen LogP contribution < -0.4 is 5.73 Å². The van der Waals surface area contributed by atoms with Crippen LogP contribution in [0.5, 0.6) is 0 Å². The fourth-order valence-corrected chi connectivity index (χ4v) is 2.31. The van der Waals surface area contributed by atoms with Crippen LogP contribution in [0.15, 0.2) is 30.6 Å². The van der Waals surface area contributed by atoms with E-state index in [-0.39, 0.29) is 0 Å². The fraction of sp³-hybridized carbons (Fsp3) is 0.214. The van der Waals surface area contributed by atoms with Gasteiger partial charge in [-0.1, -0.05) is 6.07 Å². The monoisotopic (exact) mass is 253 g/mol. The first-order valence-corrected chi connectivity index (χ1v) is 6.14. The standard InChI is InChI=1S/C14H15N5/c1-9-17-13(11-5-3-4-6-16-11)12-10(7-15)8-19(2)14(12)18-9/h3-6,8H,7,15H2,1-2H3. The van der Waals surface area contributed by atoms with Gasteiger partial charge in [-0.25, -0.2) is 9.97 Å². The third-order valence-corrected chi connectivity index (χ3v) is 3.13. The molecule has 2 N–H and O–H groups in total. The molecule has 3 heterocycles. The smallest absolute Gasteiger partial charge is 0.144 e. The second-order valence-electron chi connectivity index (χ2n) is 4.50. The molecular formula is C14H15N5. The lowest BCUT2D eigenvalue weighted by Gasteiger charge is -2.05. The Labute approximate surface area is 111 Å². The maximum Gasteiger partial charge on any atom is 0.144 e. The molecule has 0 bridgehead atoms. The zero-order valence-electron chi connectivity index (χ0n) is 11.0. The largest absolute Gasteiger partial charge is 0.335 e. The Morgan fingerprint density at radius 1 is 1.26 bits per heavy atom. The van der Waals surface area contributed by atoms with Crippen molar-refractivity contribution in [3.8, 4) is 11.4 Å². The molecule has 0 radical (unpaired) electrons. The normalized spacial score (nSPS) is 11.1. The molecule has 5 heteroatoms. The number of pyridine rings is 1. The summed E-state index contributed by atoms with van der Waals surface area (Å²) in [5, 5.41) is 0.995. The fourth-order valence-electron chi connectivity index (χ4n) is 2.31. The van der Waals surface area contributed by atoms with E-state index >= 15 is 0 Å². The predicted octanol–water partition coefficient (Wildman–Crippen LogP) is 1.80. The van der Waals surface area contributed by atoms with Crippen LogP contribution in [-0.4, -0.2) is 19.5 Å². The first-order valence-electron chi connectivity index (χ1n) is 6.14. The first-order chi connectivity index (χ1) is 9.20. The van der Waals surface area contributed by atoms with Crippen LogP contribution in [0.1, 0.15) is 11.4 Å². The van der Waals surface area contributed by atoms with Crippen molar-refractivity contribution in [2.45, 2.75) is 13.5 Å². The minimum Gasteiger partial charge on any atom is -0.335 e. The van der Waals surface area contributed by atoms with E-state index in [0.29, 0.717) is 6.54 Å². The number of fused-ring (bicyclic) bond motifs is 1. The van der Waals surface area contributed by atoms with E-state index in [4.69, 9.17) is 5.73 Å². The summed E-state index contributed by atoms with van der Waals surface area (Å²) < 4.78 is 1.98. The lowest BCUT2D eigenvalue weighted by molar-refractivity contribution is 0.922. The van der Waals surface area contributed by atoms with E-state index in [2.05, 4.69) is 15.0 Å². The zero-order chi connectivity index (χ0) is 13.4. The average molecular weight is 253 g/mol. The molecule has 5 nitrogen and oxygen atoms in total. The third kappa shape index (κ3) is 1.88. The van der Waals surface area contributed by atoms with Gasteiger partial charge in [-0.05, 0) is 24.6 Å². The van der Waals surface area contributed by atoms with Crippen molar-refractivity contribution in [3.63, 3.8) is 0 Å². The summed E-state index contributed by atoms with van der Waals surface area (Å²) in [6.45, 7) is 2.35. The van der Waals surface area contributed by atoms with E-state index in [0.717, 1.165) is 33.8 Å². The van der Waals surface area contributed by atoms with Crippen molar-refractivity contribution in [1.29, 1.82) is 0 Å². The number of hydrogen-bond acceptors (Lipinski definition) is 4. The Morgan fingerprint density at radius 3 is 2.79 bits per heavy atom. The molecule has 0 atom stereocenters. The quantitative estimate of drug-likeness (QED) is 0.756. The predicted molar refractivity (Wildman–Crippen MR) is 74.4 cm³/mol. The summed E-state index contributed by atoms with van der Waals surface area (Å²) in [5.41, 5.74) is 9.46. The lowest BCUT2D eigenvalue weighted by atomic mass is 10.1. The Kier molecular flexibility index (Phi) is 2.76. The van der Waals surface area contributed by atoms with Gasteiger partial charge in [0.25, 0.3) is 0 Å². The summed E-state index contributed by atoms with van der Waals surface area (Å²) in [6.07, 6.45) is 3.77. The number of rotatable bonds is 2. The molecular weight excluding hydrogens is 238 g/mol. The van der Waals surface area contributed by atoms with Crippen molar-refractivity contribution in [2.24, 2.45) is 12.8 Å². The average Bonchev–Trinajstić information content (AvgIpc) is 2.76. The summed E-state index contributed by atoms with van der Waals surface area (Å²) in [5.74, 6) is 0.734. The van der Waals surface area contributed by atoms with Crippen molar-refractivity contribution >= 4 is 11.0 Å². The second kappa shape index (κ2) is 4.44. The summed E-state index contributed by atoms with van der Waals surface area (Å²) in [6, 6.07) is 5.80. The van der Waals surface area contributed by atoms with Crippen molar-refractivity contribution in [2.75, 3.05) is 0 Å². The minimum atomic E-state index is 0.462. The van der Waals surface area contributed by atoms with Crippen LogP contribution in [0.2, 0.25) is 0 Å². The zero-order valence-corrected chi connectivity index (χ0v) is 11.0. The topological polar surface area (TPSA) is 69.6 Å². The molecule has 0 spiro atoms. The van der Waals surface area contributed by atoms with Crippen LogP contribution >= 0.6 is 0 Å². The van der Waals surface area contributed by atoms with Gasteiger partial charge in [-0.15, -0.1) is 0 Å². The van der Waals surface area contributed by atoms with Crippen molar-refractivity contribution in [3.05, 3.63) is 42.0 Å². The van der Waals surface area contributed by atoms with Gasteiger partial charge in [0.15, 0.2) is 0 Å².